The number of hydrogen-bond donors (Lipinski definition) is 2. The molecule has 4 aromatic rings. The molecule has 0 spiro atoms. The lowest BCUT2D eigenvalue weighted by atomic mass is 10.0. The summed E-state index contributed by atoms with van der Waals surface area (Å²) in [6, 6.07) is 8.37. The number of anilines is 2. The highest BCUT2D eigenvalue weighted by Crippen LogP contribution is 2.30. The molecule has 4 aromatic heterocycles. The van der Waals surface area contributed by atoms with Crippen molar-refractivity contribution in [1.82, 2.24) is 29.9 Å². The largest absolute Gasteiger partial charge is 0.574 e. The third-order valence-corrected chi connectivity index (χ3v) is 4.76. The number of nitrogens with zero attached hydrogens (tertiary/aromatic N) is 6. The first kappa shape index (κ1) is 26.7. The van der Waals surface area contributed by atoms with Gasteiger partial charge in [0.2, 0.25) is 11.8 Å². The predicted octanol–water partition coefficient (Wildman–Crippen LogP) is 5.28. The van der Waals surface area contributed by atoms with Crippen molar-refractivity contribution in [1.29, 1.82) is 0 Å². The topological polar surface area (TPSA) is 119 Å². The molecule has 38 heavy (non-hydrogen) atoms. The van der Waals surface area contributed by atoms with Gasteiger partial charge in [0, 0.05) is 29.7 Å². The molecule has 0 saturated heterocycles. The summed E-state index contributed by atoms with van der Waals surface area (Å²) in [5.41, 5.74) is -2.13. The number of alkyl halides is 6. The van der Waals surface area contributed by atoms with E-state index in [0.29, 0.717) is 5.56 Å². The summed E-state index contributed by atoms with van der Waals surface area (Å²) < 4.78 is 81.3. The second-order valence-electron chi connectivity index (χ2n) is 8.26. The van der Waals surface area contributed by atoms with Gasteiger partial charge in [-0.1, -0.05) is 6.07 Å². The third-order valence-electron chi connectivity index (χ3n) is 4.76. The molecule has 15 heteroatoms. The van der Waals surface area contributed by atoms with E-state index in [-0.39, 0.29) is 34.7 Å². The van der Waals surface area contributed by atoms with Gasteiger partial charge in [0.1, 0.15) is 17.0 Å². The van der Waals surface area contributed by atoms with Gasteiger partial charge in [-0.2, -0.15) is 23.1 Å². The van der Waals surface area contributed by atoms with Gasteiger partial charge in [-0.15, -0.1) is 13.2 Å². The van der Waals surface area contributed by atoms with Crippen LogP contribution in [0.4, 0.5) is 38.0 Å². The Labute approximate surface area is 210 Å². The Morgan fingerprint density at radius 3 is 2.18 bits per heavy atom. The summed E-state index contributed by atoms with van der Waals surface area (Å²) in [5.74, 6) is -1.29. The molecule has 0 atom stereocenters. The van der Waals surface area contributed by atoms with Crippen molar-refractivity contribution in [2.45, 2.75) is 32.0 Å². The van der Waals surface area contributed by atoms with Crippen LogP contribution in [0.25, 0.3) is 22.9 Å². The lowest BCUT2D eigenvalue weighted by Crippen LogP contribution is -2.18. The number of hydrogen-bond acceptors (Lipinski definition) is 9. The molecule has 4 rings (SSSR count). The first-order valence-corrected chi connectivity index (χ1v) is 10.7. The Kier molecular flexibility index (Phi) is 6.88. The zero-order chi connectivity index (χ0) is 27.7. The molecule has 4 heterocycles. The van der Waals surface area contributed by atoms with E-state index < -0.39 is 29.7 Å². The zero-order valence-electron chi connectivity index (χ0n) is 19.5. The SMILES string of the molecule is CC(C)(O)c1cc(-c2nc(Nc3ccnc(OC(F)(F)F)c3)nc(-c3cccc(C(F)(F)F)n3)n2)ccn1. The zero-order valence-corrected chi connectivity index (χ0v) is 19.5. The summed E-state index contributed by atoms with van der Waals surface area (Å²) in [6.45, 7) is 3.00. The number of halogens is 6. The predicted molar refractivity (Wildman–Crippen MR) is 121 cm³/mol. The first-order valence-electron chi connectivity index (χ1n) is 10.7. The first-order chi connectivity index (χ1) is 17.7. The van der Waals surface area contributed by atoms with Crippen LogP contribution in [0.2, 0.25) is 0 Å². The highest BCUT2D eigenvalue weighted by Gasteiger charge is 2.33. The molecule has 0 unspecified atom stereocenters. The summed E-state index contributed by atoms with van der Waals surface area (Å²) >= 11 is 0. The Morgan fingerprint density at radius 2 is 1.50 bits per heavy atom. The van der Waals surface area contributed by atoms with Crippen LogP contribution in [0.5, 0.6) is 5.88 Å². The highest BCUT2D eigenvalue weighted by atomic mass is 19.4. The Balaban J connectivity index is 1.81. The van der Waals surface area contributed by atoms with Crippen molar-refractivity contribution in [2.24, 2.45) is 0 Å². The Bertz CT molecular complexity index is 1380. The monoisotopic (exact) mass is 537 g/mol. The highest BCUT2D eigenvalue weighted by molar-refractivity contribution is 5.64. The fourth-order valence-corrected chi connectivity index (χ4v) is 3.09. The second kappa shape index (κ2) is 9.81. The molecular formula is C23H17F6N7O2. The smallest absolute Gasteiger partial charge is 0.388 e. The summed E-state index contributed by atoms with van der Waals surface area (Å²) in [5, 5.41) is 13.0. The van der Waals surface area contributed by atoms with Crippen LogP contribution in [0.3, 0.4) is 0 Å². The van der Waals surface area contributed by atoms with Gasteiger partial charge in [-0.3, -0.25) is 4.98 Å². The maximum Gasteiger partial charge on any atom is 0.574 e. The van der Waals surface area contributed by atoms with Gasteiger partial charge in [0.05, 0.1) is 5.69 Å². The van der Waals surface area contributed by atoms with E-state index in [1.54, 1.807) is 0 Å². The van der Waals surface area contributed by atoms with Crippen LogP contribution >= 0.6 is 0 Å². The van der Waals surface area contributed by atoms with Gasteiger partial charge in [-0.25, -0.2) is 15.0 Å². The van der Waals surface area contributed by atoms with Gasteiger partial charge in [0.15, 0.2) is 11.6 Å². The normalized spacial score (nSPS) is 12.3. The van der Waals surface area contributed by atoms with E-state index >= 15 is 0 Å². The molecule has 2 N–H and O–H groups in total. The van der Waals surface area contributed by atoms with Gasteiger partial charge in [0.25, 0.3) is 0 Å². The second-order valence-corrected chi connectivity index (χ2v) is 8.26. The molecule has 0 saturated carbocycles. The molecule has 0 fully saturated rings. The molecule has 0 radical (unpaired) electrons. The standard InChI is InChI=1S/C23H17F6N7O2/c1-21(2,37)16-10-12(6-8-30-16)18-34-19(14-4-3-5-15(33-14)22(24,25)26)36-20(35-18)32-13-7-9-31-17(11-13)38-23(27,28)29/h3-11,37H,1-2H3,(H,31,32,34,35,36). The molecule has 0 aliphatic heterocycles. The van der Waals surface area contributed by atoms with Crippen molar-refractivity contribution in [3.63, 3.8) is 0 Å². The lowest BCUT2D eigenvalue weighted by Gasteiger charge is -2.17. The van der Waals surface area contributed by atoms with E-state index in [0.717, 1.165) is 24.4 Å². The van der Waals surface area contributed by atoms with E-state index in [4.69, 9.17) is 0 Å². The quantitative estimate of drug-likeness (QED) is 0.317. The minimum atomic E-state index is -4.98. The summed E-state index contributed by atoms with van der Waals surface area (Å²) in [4.78, 5) is 23.8. The molecule has 9 nitrogen and oxygen atoms in total. The number of aliphatic hydroxyl groups is 1. The van der Waals surface area contributed by atoms with Crippen LogP contribution in [-0.2, 0) is 11.8 Å². The minimum absolute atomic E-state index is 0.0336. The fourth-order valence-electron chi connectivity index (χ4n) is 3.09. The molecule has 0 aliphatic carbocycles. The molecule has 0 amide bonds. The number of ether oxygens (including phenoxy) is 1. The molecule has 0 bridgehead atoms. The Morgan fingerprint density at radius 1 is 0.789 bits per heavy atom. The van der Waals surface area contributed by atoms with E-state index in [9.17, 15) is 31.4 Å². The average Bonchev–Trinajstić information content (AvgIpc) is 2.82. The minimum Gasteiger partial charge on any atom is -0.388 e. The lowest BCUT2D eigenvalue weighted by molar-refractivity contribution is -0.276. The van der Waals surface area contributed by atoms with Crippen molar-refractivity contribution in [2.75, 3.05) is 5.32 Å². The van der Waals surface area contributed by atoms with Crippen molar-refractivity contribution >= 4 is 11.6 Å². The maximum absolute atomic E-state index is 13.2. The van der Waals surface area contributed by atoms with Gasteiger partial charge >= 0.3 is 12.5 Å². The third kappa shape index (κ3) is 6.67. The van der Waals surface area contributed by atoms with Crippen molar-refractivity contribution < 1.29 is 36.2 Å². The van der Waals surface area contributed by atoms with E-state index in [2.05, 4.69) is 40.0 Å². The van der Waals surface area contributed by atoms with E-state index in [1.807, 2.05) is 0 Å². The molecule has 0 aromatic carbocycles. The van der Waals surface area contributed by atoms with Crippen LogP contribution in [0.15, 0.2) is 54.9 Å². The summed E-state index contributed by atoms with van der Waals surface area (Å²) in [6.07, 6.45) is -7.29. The van der Waals surface area contributed by atoms with Crippen molar-refractivity contribution in [3.8, 4) is 28.8 Å². The number of rotatable bonds is 6. The molecule has 0 aliphatic rings. The van der Waals surface area contributed by atoms with Gasteiger partial charge in [-0.05, 0) is 44.2 Å². The van der Waals surface area contributed by atoms with E-state index in [1.165, 1.54) is 44.3 Å². The molecule has 198 valence electrons. The Hall–Kier alpha value is -4.40. The maximum atomic E-state index is 13.2. The number of pyridine rings is 3. The van der Waals surface area contributed by atoms with Gasteiger partial charge < -0.3 is 15.2 Å². The number of aromatic nitrogens is 6. The van der Waals surface area contributed by atoms with Crippen LogP contribution in [0.1, 0.15) is 25.2 Å². The van der Waals surface area contributed by atoms with Crippen LogP contribution < -0.4 is 10.1 Å². The van der Waals surface area contributed by atoms with Crippen molar-refractivity contribution in [3.05, 3.63) is 66.2 Å². The van der Waals surface area contributed by atoms with Crippen LogP contribution in [-0.4, -0.2) is 41.4 Å². The number of nitrogens with one attached hydrogen (secondary N) is 1. The van der Waals surface area contributed by atoms with Crippen LogP contribution in [0, 0.1) is 0 Å². The summed E-state index contributed by atoms with van der Waals surface area (Å²) in [7, 11) is 0. The molecular weight excluding hydrogens is 520 g/mol. The fraction of sp³-hybridized carbons (Fsp3) is 0.217. The average molecular weight is 537 g/mol.